The minimum Gasteiger partial charge on any atom is -0.451 e. The van der Waals surface area contributed by atoms with Crippen LogP contribution < -0.4 is 16.6 Å². The topological polar surface area (TPSA) is 311 Å². The number of carbonyl (C=O) groups excluding carboxylic acids is 1. The van der Waals surface area contributed by atoms with Crippen LogP contribution in [0, 0.1) is 0 Å². The monoisotopic (exact) mass is 657 g/mol. The summed E-state index contributed by atoms with van der Waals surface area (Å²) in [6, 6.07) is 6.12. The first-order chi connectivity index (χ1) is 19.5. The number of esters is 1. The van der Waals surface area contributed by atoms with Crippen LogP contribution in [0.4, 0.5) is 5.69 Å². The molecule has 3 aromatic rings. The van der Waals surface area contributed by atoms with Gasteiger partial charge in [0.2, 0.25) is 0 Å². The molecule has 0 amide bonds. The molecule has 0 bridgehead atoms. The largest absolute Gasteiger partial charge is 0.490 e. The van der Waals surface area contributed by atoms with Gasteiger partial charge in [-0.3, -0.25) is 23.9 Å². The van der Waals surface area contributed by atoms with E-state index in [2.05, 4.69) is 28.4 Å². The summed E-state index contributed by atoms with van der Waals surface area (Å²) in [5.74, 6) is -0.970. The lowest BCUT2D eigenvalue weighted by atomic mass is 10.1. The number of aromatic nitrogens is 4. The van der Waals surface area contributed by atoms with E-state index < -0.39 is 71.8 Å². The van der Waals surface area contributed by atoms with Crippen LogP contribution >= 0.6 is 23.5 Å². The number of benzene rings is 1. The van der Waals surface area contributed by atoms with Gasteiger partial charge in [-0.2, -0.15) is 8.62 Å². The Labute approximate surface area is 232 Å². The number of phosphoric acid groups is 3. The lowest BCUT2D eigenvalue weighted by Gasteiger charge is -2.22. The number of rotatable bonds is 11. The molecule has 21 nitrogen and oxygen atoms in total. The van der Waals surface area contributed by atoms with Crippen LogP contribution in [0.1, 0.15) is 16.6 Å². The number of fused-ring (bicyclic) bond motifs is 1. The standard InChI is InChI=1S/C18H22N5O16P3/c1-19-9-5-3-2-4-8(9)17(26)37-13-12(24)10(6-35-41(31,32)39-42(33,34)38-40(28,29)30)36-16(13)23-7-20-11-14(23)21-18(27)22-15(11)25/h2-5,7,10,12-13,16,19,24H,6H2,1H3,(H,31,32)(H,33,34)(H2,28,29,30)(H2,21,22,25,27)/t10-,12-,13-,16-/m1/s1. The molecule has 8 N–H and O–H groups in total. The number of aliphatic hydroxyl groups excluding tert-OH is 1. The van der Waals surface area contributed by atoms with Crippen molar-refractivity contribution < 1.29 is 65.8 Å². The molecule has 1 aromatic carbocycles. The number of para-hydroxylation sites is 1. The second-order valence-corrected chi connectivity index (χ2v) is 12.8. The molecule has 0 aliphatic carbocycles. The van der Waals surface area contributed by atoms with E-state index in [1.807, 2.05) is 4.98 Å². The molecule has 0 radical (unpaired) electrons. The van der Waals surface area contributed by atoms with Crippen molar-refractivity contribution in [3.63, 3.8) is 0 Å². The summed E-state index contributed by atoms with van der Waals surface area (Å²) >= 11 is 0. The zero-order valence-electron chi connectivity index (χ0n) is 20.9. The van der Waals surface area contributed by atoms with Gasteiger partial charge in [0.25, 0.3) is 5.56 Å². The summed E-state index contributed by atoms with van der Waals surface area (Å²) in [7, 11) is -15.6. The zero-order valence-corrected chi connectivity index (χ0v) is 23.5. The molecule has 42 heavy (non-hydrogen) atoms. The molecule has 1 aliphatic rings. The second kappa shape index (κ2) is 11.9. The van der Waals surface area contributed by atoms with Crippen molar-refractivity contribution in [2.75, 3.05) is 19.0 Å². The number of phosphoric ester groups is 1. The summed E-state index contributed by atoms with van der Waals surface area (Å²) in [6.07, 6.45) is -5.72. The number of nitrogens with zero attached hydrogens (tertiary/aromatic N) is 2. The van der Waals surface area contributed by atoms with Crippen LogP contribution in [0.2, 0.25) is 0 Å². The Morgan fingerprint density at radius 2 is 1.79 bits per heavy atom. The predicted octanol–water partition coefficient (Wildman–Crippen LogP) is -0.718. The van der Waals surface area contributed by atoms with Gasteiger partial charge in [0, 0.05) is 12.7 Å². The third kappa shape index (κ3) is 7.30. The van der Waals surface area contributed by atoms with Crippen LogP contribution in [0.5, 0.6) is 0 Å². The second-order valence-electron chi connectivity index (χ2n) is 8.37. The van der Waals surface area contributed by atoms with E-state index in [1.54, 1.807) is 12.1 Å². The molecule has 2 aromatic heterocycles. The van der Waals surface area contributed by atoms with Gasteiger partial charge in [0.15, 0.2) is 17.8 Å². The van der Waals surface area contributed by atoms with Gasteiger partial charge in [-0.15, -0.1) is 0 Å². The molecule has 0 spiro atoms. The summed E-state index contributed by atoms with van der Waals surface area (Å²) < 4.78 is 58.6. The Morgan fingerprint density at radius 1 is 1.10 bits per heavy atom. The summed E-state index contributed by atoms with van der Waals surface area (Å²) in [5.41, 5.74) is -1.93. The van der Waals surface area contributed by atoms with E-state index in [1.165, 1.54) is 19.2 Å². The summed E-state index contributed by atoms with van der Waals surface area (Å²) in [5, 5.41) is 13.8. The molecule has 2 unspecified atom stereocenters. The van der Waals surface area contributed by atoms with Crippen molar-refractivity contribution in [3.8, 4) is 0 Å². The number of aliphatic hydroxyl groups is 1. The molecular formula is C18H22N5O16P3. The predicted molar refractivity (Wildman–Crippen MR) is 136 cm³/mol. The third-order valence-electron chi connectivity index (χ3n) is 5.53. The first-order valence-corrected chi connectivity index (χ1v) is 15.8. The molecule has 1 saturated heterocycles. The maximum absolute atomic E-state index is 13.1. The normalized spacial score (nSPS) is 23.8. The Hall–Kier alpha value is -3.03. The van der Waals surface area contributed by atoms with Crippen LogP contribution in [0.25, 0.3) is 11.2 Å². The van der Waals surface area contributed by atoms with Gasteiger partial charge >= 0.3 is 35.1 Å². The van der Waals surface area contributed by atoms with Gasteiger partial charge in [-0.1, -0.05) is 12.1 Å². The van der Waals surface area contributed by atoms with E-state index in [0.29, 0.717) is 5.69 Å². The number of carbonyl (C=O) groups is 1. The summed E-state index contributed by atoms with van der Waals surface area (Å²) in [4.78, 5) is 81.7. The van der Waals surface area contributed by atoms with Crippen molar-refractivity contribution >= 4 is 46.3 Å². The number of H-pyrrole nitrogens is 2. The van der Waals surface area contributed by atoms with Crippen molar-refractivity contribution in [3.05, 3.63) is 57.0 Å². The van der Waals surface area contributed by atoms with Crippen molar-refractivity contribution in [2.24, 2.45) is 0 Å². The van der Waals surface area contributed by atoms with E-state index >= 15 is 0 Å². The van der Waals surface area contributed by atoms with E-state index in [-0.39, 0.29) is 16.7 Å². The highest BCUT2D eigenvalue weighted by molar-refractivity contribution is 7.66. The molecule has 230 valence electrons. The number of ether oxygens (including phenoxy) is 2. The quantitative estimate of drug-likeness (QED) is 0.0931. The Bertz CT molecular complexity index is 1750. The Morgan fingerprint density at radius 3 is 2.45 bits per heavy atom. The average molecular weight is 657 g/mol. The van der Waals surface area contributed by atoms with E-state index in [0.717, 1.165) is 10.9 Å². The maximum atomic E-state index is 13.1. The third-order valence-corrected chi connectivity index (χ3v) is 9.33. The lowest BCUT2D eigenvalue weighted by Crippen LogP contribution is -2.37. The van der Waals surface area contributed by atoms with Crippen molar-refractivity contribution in [2.45, 2.75) is 24.5 Å². The van der Waals surface area contributed by atoms with Crippen molar-refractivity contribution in [1.82, 2.24) is 19.5 Å². The van der Waals surface area contributed by atoms with Crippen LogP contribution in [0.15, 0.2) is 40.2 Å². The zero-order chi connectivity index (χ0) is 31.0. The highest BCUT2D eigenvalue weighted by Crippen LogP contribution is 2.66. The lowest BCUT2D eigenvalue weighted by molar-refractivity contribution is -0.0558. The van der Waals surface area contributed by atoms with E-state index in [4.69, 9.17) is 19.3 Å². The minimum atomic E-state index is -5.83. The van der Waals surface area contributed by atoms with Crippen LogP contribution in [-0.2, 0) is 36.3 Å². The van der Waals surface area contributed by atoms with Crippen LogP contribution in [-0.4, -0.2) is 82.1 Å². The molecule has 1 aliphatic heterocycles. The Balaban J connectivity index is 1.63. The minimum absolute atomic E-state index is 0.0306. The molecular weight excluding hydrogens is 635 g/mol. The maximum Gasteiger partial charge on any atom is 0.490 e. The van der Waals surface area contributed by atoms with Gasteiger partial charge in [0.05, 0.1) is 18.5 Å². The fraction of sp³-hybridized carbons (Fsp3) is 0.333. The highest BCUT2D eigenvalue weighted by atomic mass is 31.3. The molecule has 4 rings (SSSR count). The number of aromatic amines is 2. The van der Waals surface area contributed by atoms with Gasteiger partial charge in [-0.05, 0) is 12.1 Å². The SMILES string of the molecule is CNc1ccccc1C(=O)O[C@@H]1[C@H](O)[C@@H](COP(=O)(O)OP(=O)(O)OP(=O)(O)O)O[C@H]1n1cnc2c(=O)[nH]c(=O)[nH]c21. The number of anilines is 1. The molecule has 6 atom stereocenters. The number of hydrogen-bond acceptors (Lipinski definition) is 14. The fourth-order valence-electron chi connectivity index (χ4n) is 3.89. The van der Waals surface area contributed by atoms with Gasteiger partial charge in [-0.25, -0.2) is 28.3 Å². The smallest absolute Gasteiger partial charge is 0.451 e. The van der Waals surface area contributed by atoms with Gasteiger partial charge < -0.3 is 39.5 Å². The molecule has 24 heteroatoms. The molecule has 0 saturated carbocycles. The first-order valence-electron chi connectivity index (χ1n) is 11.3. The number of nitrogens with one attached hydrogen (secondary N) is 3. The fourth-order valence-corrected chi connectivity index (χ4v) is 6.92. The van der Waals surface area contributed by atoms with Crippen molar-refractivity contribution in [1.29, 1.82) is 0 Å². The first kappa shape index (κ1) is 31.9. The average Bonchev–Trinajstić information content (AvgIpc) is 3.41. The number of hydrogen-bond donors (Lipinski definition) is 8. The van der Waals surface area contributed by atoms with E-state index in [9.17, 15) is 43.0 Å². The molecule has 1 fully saturated rings. The van der Waals surface area contributed by atoms with Crippen LogP contribution in [0.3, 0.4) is 0 Å². The Kier molecular flexibility index (Phi) is 9.06. The summed E-state index contributed by atoms with van der Waals surface area (Å²) in [6.45, 7) is -1.10. The highest BCUT2D eigenvalue weighted by Gasteiger charge is 2.49. The molecule has 3 heterocycles. The van der Waals surface area contributed by atoms with Gasteiger partial charge in [0.1, 0.15) is 17.9 Å². The number of imidazole rings is 1.